The van der Waals surface area contributed by atoms with Gasteiger partial charge in [-0.25, -0.2) is 4.79 Å². The van der Waals surface area contributed by atoms with E-state index in [-0.39, 0.29) is 0 Å². The summed E-state index contributed by atoms with van der Waals surface area (Å²) >= 11 is 0. The fourth-order valence-corrected chi connectivity index (χ4v) is 1.23. The maximum atomic E-state index is 11.4. The Bertz CT molecular complexity index is 377. The Hall–Kier alpha value is -1.78. The molecular weight excluding hydrogens is 220 g/mol. The highest BCUT2D eigenvalue weighted by molar-refractivity contribution is 6.32. The van der Waals surface area contributed by atoms with Gasteiger partial charge in [0.2, 0.25) is 0 Å². The van der Waals surface area contributed by atoms with Crippen LogP contribution in [0.3, 0.4) is 0 Å². The Balaban J connectivity index is 2.27. The number of rotatable bonds is 3. The zero-order valence-electron chi connectivity index (χ0n) is 10.4. The monoisotopic (exact) mass is 238 g/mol. The minimum Gasteiger partial charge on any atom is -0.453 e. The maximum Gasteiger partial charge on any atom is 0.397 e. The summed E-state index contributed by atoms with van der Waals surface area (Å²) in [5.41, 5.74) is 0.434. The second-order valence-electron chi connectivity index (χ2n) is 4.73. The molecule has 17 heavy (non-hydrogen) atoms. The molecule has 1 aromatic rings. The van der Waals surface area contributed by atoms with Gasteiger partial charge >= 0.3 is 11.9 Å². The van der Waals surface area contributed by atoms with Crippen LogP contribution in [-0.4, -0.2) is 29.0 Å². The van der Waals surface area contributed by atoms with Crippen LogP contribution >= 0.6 is 0 Å². The van der Waals surface area contributed by atoms with E-state index in [0.29, 0.717) is 13.0 Å². The lowest BCUT2D eigenvalue weighted by Crippen LogP contribution is -2.37. The van der Waals surface area contributed by atoms with Crippen molar-refractivity contribution in [2.24, 2.45) is 0 Å². The van der Waals surface area contributed by atoms with Crippen LogP contribution in [0.4, 0.5) is 0 Å². The molecule has 0 unspecified atom stereocenters. The molecule has 0 aromatic carbocycles. The largest absolute Gasteiger partial charge is 0.453 e. The average Bonchev–Trinajstić information content (AvgIpc) is 2.67. The van der Waals surface area contributed by atoms with Crippen molar-refractivity contribution in [1.82, 2.24) is 10.3 Å². The number of aromatic nitrogens is 1. The highest BCUT2D eigenvalue weighted by Crippen LogP contribution is 2.06. The molecule has 1 amide bonds. The lowest BCUT2D eigenvalue weighted by Gasteiger charge is -2.18. The molecule has 0 fully saturated rings. The second kappa shape index (κ2) is 5.52. The number of carbonyl (C=O) groups is 2. The van der Waals surface area contributed by atoms with Crippen molar-refractivity contribution in [2.45, 2.75) is 32.8 Å². The fourth-order valence-electron chi connectivity index (χ4n) is 1.23. The Morgan fingerprint density at radius 3 is 2.65 bits per heavy atom. The third kappa shape index (κ3) is 5.19. The number of aromatic amines is 1. The van der Waals surface area contributed by atoms with Crippen LogP contribution in [0, 0.1) is 0 Å². The topological polar surface area (TPSA) is 71.2 Å². The van der Waals surface area contributed by atoms with E-state index in [1.807, 2.05) is 18.5 Å². The van der Waals surface area contributed by atoms with Gasteiger partial charge < -0.3 is 15.0 Å². The normalized spacial score (nSPS) is 11.0. The maximum absolute atomic E-state index is 11.4. The number of esters is 1. The number of nitrogens with one attached hydrogen (secondary N) is 2. The summed E-state index contributed by atoms with van der Waals surface area (Å²) in [6.45, 7) is 5.57. The van der Waals surface area contributed by atoms with Crippen molar-refractivity contribution in [2.75, 3.05) is 6.54 Å². The van der Waals surface area contributed by atoms with Crippen LogP contribution in [0.15, 0.2) is 18.5 Å². The van der Waals surface area contributed by atoms with Gasteiger partial charge in [-0.2, -0.15) is 0 Å². The van der Waals surface area contributed by atoms with Gasteiger partial charge in [0.05, 0.1) is 0 Å². The summed E-state index contributed by atoms with van der Waals surface area (Å²) in [5, 5.41) is 2.52. The van der Waals surface area contributed by atoms with Crippen molar-refractivity contribution in [3.8, 4) is 0 Å². The molecule has 1 aromatic heterocycles. The molecule has 0 saturated carbocycles. The molecule has 0 saturated heterocycles. The molecule has 2 N–H and O–H groups in total. The number of amides is 1. The Morgan fingerprint density at radius 2 is 2.12 bits per heavy atom. The molecule has 0 spiro atoms. The molecule has 5 heteroatoms. The van der Waals surface area contributed by atoms with Crippen LogP contribution in [0.25, 0.3) is 0 Å². The summed E-state index contributed by atoms with van der Waals surface area (Å²) in [6.07, 6.45) is 4.34. The highest BCUT2D eigenvalue weighted by atomic mass is 16.6. The Morgan fingerprint density at radius 1 is 1.41 bits per heavy atom. The molecule has 1 heterocycles. The molecule has 0 radical (unpaired) electrons. The van der Waals surface area contributed by atoms with Crippen molar-refractivity contribution in [1.29, 1.82) is 0 Å². The van der Waals surface area contributed by atoms with E-state index >= 15 is 0 Å². The first-order valence-corrected chi connectivity index (χ1v) is 5.51. The van der Waals surface area contributed by atoms with Crippen LogP contribution in [-0.2, 0) is 20.7 Å². The molecule has 0 aliphatic rings. The Kier molecular flexibility index (Phi) is 4.31. The van der Waals surface area contributed by atoms with Gasteiger partial charge in [-0.3, -0.25) is 4.79 Å². The molecule has 5 nitrogen and oxygen atoms in total. The van der Waals surface area contributed by atoms with E-state index < -0.39 is 17.5 Å². The second-order valence-corrected chi connectivity index (χ2v) is 4.73. The van der Waals surface area contributed by atoms with Crippen molar-refractivity contribution >= 4 is 11.9 Å². The highest BCUT2D eigenvalue weighted by Gasteiger charge is 2.22. The van der Waals surface area contributed by atoms with Crippen LogP contribution in [0.2, 0.25) is 0 Å². The van der Waals surface area contributed by atoms with Gasteiger partial charge in [0, 0.05) is 18.9 Å². The first-order valence-electron chi connectivity index (χ1n) is 5.51. The summed E-state index contributed by atoms with van der Waals surface area (Å²) < 4.78 is 4.93. The van der Waals surface area contributed by atoms with Crippen LogP contribution in [0.1, 0.15) is 26.3 Å². The zero-order valence-corrected chi connectivity index (χ0v) is 10.4. The average molecular weight is 238 g/mol. The van der Waals surface area contributed by atoms with Gasteiger partial charge in [0.15, 0.2) is 0 Å². The summed E-state index contributed by atoms with van der Waals surface area (Å²) in [6, 6.07) is 1.92. The van der Waals surface area contributed by atoms with Gasteiger partial charge in [0.1, 0.15) is 5.60 Å². The number of hydrogen-bond acceptors (Lipinski definition) is 3. The minimum atomic E-state index is -0.841. The molecule has 94 valence electrons. The van der Waals surface area contributed by atoms with Gasteiger partial charge in [-0.15, -0.1) is 0 Å². The zero-order chi connectivity index (χ0) is 12.9. The van der Waals surface area contributed by atoms with E-state index in [2.05, 4.69) is 10.3 Å². The molecule has 1 rings (SSSR count). The third-order valence-electron chi connectivity index (χ3n) is 1.95. The summed E-state index contributed by atoms with van der Waals surface area (Å²) in [7, 11) is 0. The lowest BCUT2D eigenvalue weighted by molar-refractivity contribution is -0.163. The molecule has 0 atom stereocenters. The predicted octanol–water partition coefficient (Wildman–Crippen LogP) is 1.02. The number of carbonyl (C=O) groups excluding carboxylic acids is 2. The smallest absolute Gasteiger partial charge is 0.397 e. The summed E-state index contributed by atoms with van der Waals surface area (Å²) in [4.78, 5) is 25.6. The lowest BCUT2D eigenvalue weighted by atomic mass is 10.2. The molecular formula is C12H18N2O3. The fraction of sp³-hybridized carbons (Fsp3) is 0.500. The van der Waals surface area contributed by atoms with Crippen LogP contribution in [0.5, 0.6) is 0 Å². The number of H-pyrrole nitrogens is 1. The van der Waals surface area contributed by atoms with Gasteiger partial charge in [-0.05, 0) is 38.8 Å². The van der Waals surface area contributed by atoms with E-state index in [4.69, 9.17) is 4.74 Å². The van der Waals surface area contributed by atoms with E-state index in [9.17, 15) is 9.59 Å². The first kappa shape index (κ1) is 13.3. The SMILES string of the molecule is CC(C)(C)OC(=O)C(=O)NCCc1cc[nH]c1. The number of hydrogen-bond donors (Lipinski definition) is 2. The number of ether oxygens (including phenoxy) is 1. The molecule has 0 aliphatic carbocycles. The minimum absolute atomic E-state index is 0.413. The standard InChI is InChI=1S/C12H18N2O3/c1-12(2,3)17-11(16)10(15)14-7-5-9-4-6-13-8-9/h4,6,8,13H,5,7H2,1-3H3,(H,14,15). The van der Waals surface area contributed by atoms with Crippen LogP contribution < -0.4 is 5.32 Å². The third-order valence-corrected chi connectivity index (χ3v) is 1.95. The molecule has 0 bridgehead atoms. The van der Waals surface area contributed by atoms with Crippen molar-refractivity contribution in [3.63, 3.8) is 0 Å². The molecule has 0 aliphatic heterocycles. The quantitative estimate of drug-likeness (QED) is 0.610. The first-order chi connectivity index (χ1) is 7.88. The van der Waals surface area contributed by atoms with Gasteiger partial charge in [0.25, 0.3) is 0 Å². The van der Waals surface area contributed by atoms with Gasteiger partial charge in [-0.1, -0.05) is 0 Å². The van der Waals surface area contributed by atoms with E-state index in [1.165, 1.54) is 0 Å². The Labute approximate surface area is 101 Å². The van der Waals surface area contributed by atoms with Crippen molar-refractivity contribution in [3.05, 3.63) is 24.0 Å². The predicted molar refractivity (Wildman–Crippen MR) is 63.4 cm³/mol. The summed E-state index contributed by atoms with van der Waals surface area (Å²) in [5.74, 6) is -1.54. The van der Waals surface area contributed by atoms with E-state index in [0.717, 1.165) is 5.56 Å². The van der Waals surface area contributed by atoms with Crippen molar-refractivity contribution < 1.29 is 14.3 Å². The van der Waals surface area contributed by atoms with E-state index in [1.54, 1.807) is 20.8 Å².